The lowest BCUT2D eigenvalue weighted by Gasteiger charge is -2.59. The normalized spacial score (nSPS) is 32.9. The Morgan fingerprint density at radius 2 is 1.81 bits per heavy atom. The van der Waals surface area contributed by atoms with Crippen LogP contribution in [0, 0.1) is 33.3 Å². The number of methoxy groups -OCH3 is 1. The van der Waals surface area contributed by atoms with Crippen LogP contribution in [-0.4, -0.2) is 24.0 Å². The quantitative estimate of drug-likeness (QED) is 0.638. The van der Waals surface area contributed by atoms with Gasteiger partial charge in [-0.05, 0) is 80.8 Å². The maximum atomic E-state index is 12.7. The maximum absolute atomic E-state index is 12.7. The molecule has 0 unspecified atom stereocenters. The molecule has 0 aromatic heterocycles. The Labute approximate surface area is 153 Å². The monoisotopic (exact) mass is 358 g/mol. The number of nitro benzene ring substituents is 1. The average Bonchev–Trinajstić information content (AvgIpc) is 2.59. The van der Waals surface area contributed by atoms with Crippen molar-refractivity contribution >= 4 is 11.6 Å². The molecule has 1 aromatic carbocycles. The van der Waals surface area contributed by atoms with E-state index >= 15 is 0 Å². The number of amides is 1. The lowest BCUT2D eigenvalue weighted by molar-refractivity contribution is -0.385. The molecule has 0 radical (unpaired) electrons. The molecule has 6 heteroatoms. The van der Waals surface area contributed by atoms with E-state index < -0.39 is 4.92 Å². The molecule has 4 aliphatic carbocycles. The van der Waals surface area contributed by atoms with Gasteiger partial charge in [-0.25, -0.2) is 0 Å². The summed E-state index contributed by atoms with van der Waals surface area (Å²) in [7, 11) is 1.39. The van der Waals surface area contributed by atoms with E-state index in [-0.39, 0.29) is 28.8 Å². The van der Waals surface area contributed by atoms with Gasteiger partial charge in [-0.3, -0.25) is 14.9 Å². The molecule has 1 aromatic rings. The number of benzene rings is 1. The highest BCUT2D eigenvalue weighted by Crippen LogP contribution is 2.61. The fourth-order valence-electron chi connectivity index (χ4n) is 6.11. The van der Waals surface area contributed by atoms with Gasteiger partial charge in [-0.1, -0.05) is 0 Å². The predicted molar refractivity (Wildman–Crippen MR) is 97.2 cm³/mol. The molecule has 1 amide bonds. The number of hydrogen-bond acceptors (Lipinski definition) is 4. The summed E-state index contributed by atoms with van der Waals surface area (Å²) in [6, 6.07) is 4.47. The van der Waals surface area contributed by atoms with Crippen LogP contribution >= 0.6 is 0 Å². The summed E-state index contributed by atoms with van der Waals surface area (Å²) in [5.41, 5.74) is 0.347. The van der Waals surface area contributed by atoms with Crippen molar-refractivity contribution in [2.24, 2.45) is 23.2 Å². The highest BCUT2D eigenvalue weighted by atomic mass is 16.6. The van der Waals surface area contributed by atoms with E-state index in [1.54, 1.807) is 6.07 Å². The van der Waals surface area contributed by atoms with E-state index in [1.807, 2.05) is 0 Å². The summed E-state index contributed by atoms with van der Waals surface area (Å²) in [6.45, 7) is 2.11. The third-order valence-corrected chi connectivity index (χ3v) is 6.99. The molecular formula is C20H26N2O4. The van der Waals surface area contributed by atoms with E-state index in [9.17, 15) is 14.9 Å². The van der Waals surface area contributed by atoms with Crippen molar-refractivity contribution in [3.8, 4) is 5.75 Å². The van der Waals surface area contributed by atoms with Crippen LogP contribution in [0.4, 0.5) is 5.69 Å². The number of carbonyl (C=O) groups is 1. The molecule has 140 valence electrons. The highest BCUT2D eigenvalue weighted by molar-refractivity contribution is 5.95. The Kier molecular flexibility index (Phi) is 4.16. The van der Waals surface area contributed by atoms with Crippen molar-refractivity contribution in [2.75, 3.05) is 7.11 Å². The Balaban J connectivity index is 1.51. The highest BCUT2D eigenvalue weighted by Gasteiger charge is 2.53. The zero-order valence-corrected chi connectivity index (χ0v) is 15.4. The first-order valence-corrected chi connectivity index (χ1v) is 9.53. The van der Waals surface area contributed by atoms with Gasteiger partial charge in [0.1, 0.15) is 0 Å². The minimum atomic E-state index is -0.516. The standard InChI is InChI=1S/C20H26N2O4/c1-12(20-9-13-5-14(10-20)7-15(6-13)11-20)21-19(23)16-3-4-18(26-2)17(8-16)22(24)25/h3-4,8,12-15H,5-7,9-11H2,1-2H3,(H,21,23)/t12-,13?,14?,15?,20?/m1/s1. The van der Waals surface area contributed by atoms with Crippen LogP contribution in [0.5, 0.6) is 5.75 Å². The summed E-state index contributed by atoms with van der Waals surface area (Å²) in [5.74, 6) is 2.40. The van der Waals surface area contributed by atoms with Gasteiger partial charge in [-0.2, -0.15) is 0 Å². The predicted octanol–water partition coefficient (Wildman–Crippen LogP) is 3.94. The fraction of sp³-hybridized carbons (Fsp3) is 0.650. The number of nitro groups is 1. The molecule has 1 N–H and O–H groups in total. The molecule has 0 heterocycles. The smallest absolute Gasteiger partial charge is 0.311 e. The summed E-state index contributed by atoms with van der Waals surface area (Å²) in [4.78, 5) is 23.4. The SMILES string of the molecule is COc1ccc(C(=O)N[C@H](C)C23CC4CC(CC(C4)C2)C3)cc1[N+](=O)[O-]. The molecule has 26 heavy (non-hydrogen) atoms. The first-order valence-electron chi connectivity index (χ1n) is 9.53. The first kappa shape index (κ1) is 17.3. The van der Waals surface area contributed by atoms with Gasteiger partial charge in [0.25, 0.3) is 5.91 Å². The number of rotatable bonds is 5. The summed E-state index contributed by atoms with van der Waals surface area (Å²) >= 11 is 0. The molecular weight excluding hydrogens is 332 g/mol. The van der Waals surface area contributed by atoms with Gasteiger partial charge in [0.05, 0.1) is 12.0 Å². The van der Waals surface area contributed by atoms with Crippen molar-refractivity contribution in [3.05, 3.63) is 33.9 Å². The van der Waals surface area contributed by atoms with Crippen LogP contribution in [0.1, 0.15) is 55.8 Å². The zero-order valence-electron chi connectivity index (χ0n) is 15.4. The minimum Gasteiger partial charge on any atom is -0.490 e. The van der Waals surface area contributed by atoms with Crippen molar-refractivity contribution in [1.82, 2.24) is 5.32 Å². The number of hydrogen-bond donors (Lipinski definition) is 1. The molecule has 6 nitrogen and oxygen atoms in total. The Bertz CT molecular complexity index is 710. The zero-order chi connectivity index (χ0) is 18.5. The lowest BCUT2D eigenvalue weighted by Crippen LogP contribution is -2.55. The van der Waals surface area contributed by atoms with E-state index in [2.05, 4.69) is 12.2 Å². The van der Waals surface area contributed by atoms with Crippen molar-refractivity contribution < 1.29 is 14.5 Å². The van der Waals surface area contributed by atoms with Gasteiger partial charge >= 0.3 is 5.69 Å². The number of carbonyl (C=O) groups excluding carboxylic acids is 1. The van der Waals surface area contributed by atoms with Crippen LogP contribution in [0.2, 0.25) is 0 Å². The molecule has 4 aliphatic rings. The molecule has 0 spiro atoms. The number of nitrogens with zero attached hydrogens (tertiary/aromatic N) is 1. The second kappa shape index (κ2) is 6.25. The third kappa shape index (κ3) is 2.85. The van der Waals surface area contributed by atoms with E-state index in [1.165, 1.54) is 57.8 Å². The molecule has 4 fully saturated rings. The number of ether oxygens (including phenoxy) is 1. The van der Waals surface area contributed by atoms with Gasteiger partial charge in [0.2, 0.25) is 0 Å². The Hall–Kier alpha value is -2.11. The maximum Gasteiger partial charge on any atom is 0.311 e. The van der Waals surface area contributed by atoms with Gasteiger partial charge in [-0.15, -0.1) is 0 Å². The molecule has 4 bridgehead atoms. The van der Waals surface area contributed by atoms with E-state index in [0.717, 1.165) is 17.8 Å². The molecule has 1 atom stereocenters. The molecule has 4 saturated carbocycles. The largest absolute Gasteiger partial charge is 0.490 e. The van der Waals surface area contributed by atoms with Gasteiger partial charge in [0.15, 0.2) is 5.75 Å². The van der Waals surface area contributed by atoms with Crippen molar-refractivity contribution in [2.45, 2.75) is 51.5 Å². The van der Waals surface area contributed by atoms with Crippen molar-refractivity contribution in [3.63, 3.8) is 0 Å². The van der Waals surface area contributed by atoms with Crippen LogP contribution in [-0.2, 0) is 0 Å². The second-order valence-corrected chi connectivity index (χ2v) is 8.62. The van der Waals surface area contributed by atoms with Gasteiger partial charge < -0.3 is 10.1 Å². The van der Waals surface area contributed by atoms with Crippen LogP contribution < -0.4 is 10.1 Å². The Morgan fingerprint density at radius 3 is 2.31 bits per heavy atom. The topological polar surface area (TPSA) is 81.5 Å². The third-order valence-electron chi connectivity index (χ3n) is 6.99. The van der Waals surface area contributed by atoms with E-state index in [0.29, 0.717) is 5.56 Å². The number of nitrogens with one attached hydrogen (secondary N) is 1. The molecule has 0 aliphatic heterocycles. The summed E-state index contributed by atoms with van der Waals surface area (Å²) in [6.07, 6.45) is 7.73. The van der Waals surface area contributed by atoms with Crippen LogP contribution in [0.15, 0.2) is 18.2 Å². The van der Waals surface area contributed by atoms with E-state index in [4.69, 9.17) is 4.74 Å². The second-order valence-electron chi connectivity index (χ2n) is 8.62. The fourth-order valence-corrected chi connectivity index (χ4v) is 6.11. The average molecular weight is 358 g/mol. The summed E-state index contributed by atoms with van der Waals surface area (Å²) < 4.78 is 5.01. The molecule has 0 saturated heterocycles. The van der Waals surface area contributed by atoms with Crippen molar-refractivity contribution in [1.29, 1.82) is 0 Å². The molecule has 5 rings (SSSR count). The lowest BCUT2D eigenvalue weighted by atomic mass is 9.48. The van der Waals surface area contributed by atoms with Crippen LogP contribution in [0.25, 0.3) is 0 Å². The van der Waals surface area contributed by atoms with Gasteiger partial charge in [0, 0.05) is 17.7 Å². The first-order chi connectivity index (χ1) is 12.4. The minimum absolute atomic E-state index is 0.0876. The summed E-state index contributed by atoms with van der Waals surface area (Å²) in [5, 5.41) is 14.4. The Morgan fingerprint density at radius 1 is 1.23 bits per heavy atom. The van der Waals surface area contributed by atoms with Crippen LogP contribution in [0.3, 0.4) is 0 Å².